The zero-order valence-electron chi connectivity index (χ0n) is 15.3. The van der Waals surface area contributed by atoms with Gasteiger partial charge >= 0.3 is 0 Å². The number of carbonyl (C=O) groups excluding carboxylic acids is 2. The molecule has 2 fully saturated rings. The van der Waals surface area contributed by atoms with Crippen molar-refractivity contribution in [2.24, 2.45) is 5.73 Å². The summed E-state index contributed by atoms with van der Waals surface area (Å²) < 4.78 is 15.6. The van der Waals surface area contributed by atoms with Crippen molar-refractivity contribution in [2.45, 2.75) is 69.7 Å². The lowest BCUT2D eigenvalue weighted by molar-refractivity contribution is -0.154. The molecule has 1 aromatic heterocycles. The molecule has 0 spiro atoms. The van der Waals surface area contributed by atoms with Crippen molar-refractivity contribution < 1.29 is 14.0 Å². The summed E-state index contributed by atoms with van der Waals surface area (Å²) in [5, 5.41) is 6.78. The molecule has 1 saturated carbocycles. The van der Waals surface area contributed by atoms with Crippen LogP contribution in [0.1, 0.15) is 67.7 Å². The Morgan fingerprint density at radius 2 is 1.92 bits per heavy atom. The van der Waals surface area contributed by atoms with Crippen molar-refractivity contribution >= 4 is 11.8 Å². The number of aromatic nitrogens is 2. The number of piperidine rings is 1. The van der Waals surface area contributed by atoms with Gasteiger partial charge in [-0.1, -0.05) is 6.42 Å². The lowest BCUT2D eigenvalue weighted by atomic mass is 9.85. The van der Waals surface area contributed by atoms with Crippen molar-refractivity contribution in [1.29, 1.82) is 0 Å². The molecule has 1 aromatic rings. The van der Waals surface area contributed by atoms with Gasteiger partial charge in [0.15, 0.2) is 11.4 Å². The van der Waals surface area contributed by atoms with Gasteiger partial charge < -0.3 is 15.5 Å². The Kier molecular flexibility index (Phi) is 3.87. The third kappa shape index (κ3) is 2.46. The molecule has 0 unspecified atom stereocenters. The second-order valence-electron chi connectivity index (χ2n) is 8.33. The molecule has 0 radical (unpaired) electrons. The van der Waals surface area contributed by atoms with Crippen LogP contribution in [0.2, 0.25) is 0 Å². The summed E-state index contributed by atoms with van der Waals surface area (Å²) in [6, 6.07) is 0.571. The van der Waals surface area contributed by atoms with Crippen LogP contribution in [0.25, 0.3) is 0 Å². The van der Waals surface area contributed by atoms with Crippen molar-refractivity contribution in [1.82, 2.24) is 20.0 Å². The van der Waals surface area contributed by atoms with Crippen LogP contribution in [0, 0.1) is 0 Å². The number of hydrogen-bond acceptors (Lipinski definition) is 4. The maximum Gasteiger partial charge on any atom is 0.269 e. The predicted molar refractivity (Wildman–Crippen MR) is 93.0 cm³/mol. The van der Waals surface area contributed by atoms with Gasteiger partial charge in [0.05, 0.1) is 17.8 Å². The molecular weight excluding hydrogens is 337 g/mol. The number of hydrogen-bond donors (Lipinski definition) is 2. The number of carbonyl (C=O) groups is 2. The Labute approximate surface area is 152 Å². The number of H-pyrrole nitrogens is 1. The largest absolute Gasteiger partial charge is 0.364 e. The molecular formula is C18H26FN5O2. The first kappa shape index (κ1) is 17.5. The van der Waals surface area contributed by atoms with E-state index in [0.717, 1.165) is 0 Å². The number of nitrogens with two attached hydrogens (primary N) is 1. The van der Waals surface area contributed by atoms with Gasteiger partial charge in [-0.15, -0.1) is 0 Å². The monoisotopic (exact) mass is 363 g/mol. The molecule has 2 amide bonds. The minimum atomic E-state index is -1.85. The minimum Gasteiger partial charge on any atom is -0.364 e. The SMILES string of the molecule is CC1(C)c2[nH]nc(C(N)=O)c2CN1C(=O)C1(F)CCN(C2CCC2)CC1. The number of alkyl halides is 1. The fourth-order valence-corrected chi connectivity index (χ4v) is 4.50. The van der Waals surface area contributed by atoms with Crippen LogP contribution in [0.3, 0.4) is 0 Å². The molecule has 3 heterocycles. The van der Waals surface area contributed by atoms with Crippen molar-refractivity contribution in [3.05, 3.63) is 17.0 Å². The summed E-state index contributed by atoms with van der Waals surface area (Å²) in [6.45, 7) is 5.09. The van der Waals surface area contributed by atoms with E-state index in [0.29, 0.717) is 30.4 Å². The fraction of sp³-hybridized carbons (Fsp3) is 0.722. The van der Waals surface area contributed by atoms with E-state index in [1.807, 2.05) is 13.8 Å². The first-order valence-electron chi connectivity index (χ1n) is 9.36. The van der Waals surface area contributed by atoms with Gasteiger partial charge in [0.1, 0.15) is 0 Å². The van der Waals surface area contributed by atoms with E-state index in [1.54, 1.807) is 0 Å². The molecule has 26 heavy (non-hydrogen) atoms. The van der Waals surface area contributed by atoms with Crippen LogP contribution < -0.4 is 5.73 Å². The third-order valence-electron chi connectivity index (χ3n) is 6.51. The van der Waals surface area contributed by atoms with Gasteiger partial charge in [-0.05, 0) is 26.7 Å². The predicted octanol–water partition coefficient (Wildman–Crippen LogP) is 1.44. The van der Waals surface area contributed by atoms with Crippen LogP contribution in [-0.2, 0) is 16.9 Å². The summed E-state index contributed by atoms with van der Waals surface area (Å²) in [7, 11) is 0. The number of amides is 2. The average molecular weight is 363 g/mol. The molecule has 2 aliphatic heterocycles. The highest BCUT2D eigenvalue weighted by Gasteiger charge is 2.52. The molecule has 0 bridgehead atoms. The number of fused-ring (bicyclic) bond motifs is 1. The molecule has 0 aromatic carbocycles. The first-order chi connectivity index (χ1) is 12.2. The summed E-state index contributed by atoms with van der Waals surface area (Å²) in [5.74, 6) is -1.13. The topological polar surface area (TPSA) is 95.3 Å². The van der Waals surface area contributed by atoms with Crippen LogP contribution in [0.4, 0.5) is 4.39 Å². The minimum absolute atomic E-state index is 0.135. The average Bonchev–Trinajstić information content (AvgIpc) is 3.06. The van der Waals surface area contributed by atoms with Gasteiger partial charge in [-0.2, -0.15) is 5.10 Å². The van der Waals surface area contributed by atoms with Gasteiger partial charge in [0, 0.05) is 37.5 Å². The van der Waals surface area contributed by atoms with E-state index in [2.05, 4.69) is 15.1 Å². The Morgan fingerprint density at radius 3 is 2.46 bits per heavy atom. The number of primary amides is 1. The van der Waals surface area contributed by atoms with Crippen molar-refractivity contribution in [2.75, 3.05) is 13.1 Å². The number of halogens is 1. The lowest BCUT2D eigenvalue weighted by Gasteiger charge is -2.45. The number of nitrogens with zero attached hydrogens (tertiary/aromatic N) is 3. The summed E-state index contributed by atoms with van der Waals surface area (Å²) in [5.41, 5.74) is 4.17. The zero-order valence-corrected chi connectivity index (χ0v) is 15.3. The second-order valence-corrected chi connectivity index (χ2v) is 8.33. The van der Waals surface area contributed by atoms with E-state index >= 15 is 4.39 Å². The lowest BCUT2D eigenvalue weighted by Crippen LogP contribution is -2.56. The molecule has 3 N–H and O–H groups in total. The van der Waals surface area contributed by atoms with E-state index in [-0.39, 0.29) is 25.1 Å². The van der Waals surface area contributed by atoms with Crippen LogP contribution >= 0.6 is 0 Å². The van der Waals surface area contributed by atoms with Gasteiger partial charge in [0.2, 0.25) is 0 Å². The first-order valence-corrected chi connectivity index (χ1v) is 9.36. The van der Waals surface area contributed by atoms with Crippen LogP contribution in [0.5, 0.6) is 0 Å². The summed E-state index contributed by atoms with van der Waals surface area (Å²) in [4.78, 5) is 28.5. The van der Waals surface area contributed by atoms with E-state index in [4.69, 9.17) is 5.73 Å². The Balaban J connectivity index is 1.52. The smallest absolute Gasteiger partial charge is 0.269 e. The quantitative estimate of drug-likeness (QED) is 0.849. The summed E-state index contributed by atoms with van der Waals surface area (Å²) >= 11 is 0. The molecule has 1 aliphatic carbocycles. The fourth-order valence-electron chi connectivity index (χ4n) is 4.50. The number of rotatable bonds is 3. The highest BCUT2D eigenvalue weighted by molar-refractivity contribution is 5.94. The molecule has 4 rings (SSSR count). The normalized spacial score (nSPS) is 25.0. The molecule has 0 atom stereocenters. The Hall–Kier alpha value is -1.96. The van der Waals surface area contributed by atoms with Gasteiger partial charge in [-0.25, -0.2) is 4.39 Å². The third-order valence-corrected chi connectivity index (χ3v) is 6.51. The number of nitrogens with one attached hydrogen (secondary N) is 1. The zero-order chi connectivity index (χ0) is 18.7. The van der Waals surface area contributed by atoms with Gasteiger partial charge in [0.25, 0.3) is 11.8 Å². The Morgan fingerprint density at radius 1 is 1.27 bits per heavy atom. The van der Waals surface area contributed by atoms with E-state index in [1.165, 1.54) is 24.2 Å². The van der Waals surface area contributed by atoms with E-state index in [9.17, 15) is 9.59 Å². The molecule has 3 aliphatic rings. The van der Waals surface area contributed by atoms with Crippen molar-refractivity contribution in [3.63, 3.8) is 0 Å². The molecule has 8 heteroatoms. The van der Waals surface area contributed by atoms with Crippen LogP contribution in [-0.4, -0.2) is 56.6 Å². The van der Waals surface area contributed by atoms with Crippen molar-refractivity contribution in [3.8, 4) is 0 Å². The van der Waals surface area contributed by atoms with E-state index < -0.39 is 23.0 Å². The molecule has 142 valence electrons. The second kappa shape index (κ2) is 5.77. The molecule has 1 saturated heterocycles. The number of aromatic amines is 1. The number of likely N-dealkylation sites (tertiary alicyclic amines) is 1. The highest BCUT2D eigenvalue weighted by atomic mass is 19.1. The maximum absolute atomic E-state index is 15.6. The molecule has 7 nitrogen and oxygen atoms in total. The highest BCUT2D eigenvalue weighted by Crippen LogP contribution is 2.42. The summed E-state index contributed by atoms with van der Waals surface area (Å²) in [6.07, 6.45) is 4.07. The van der Waals surface area contributed by atoms with Crippen LogP contribution in [0.15, 0.2) is 0 Å². The van der Waals surface area contributed by atoms with Gasteiger partial charge in [-0.3, -0.25) is 14.7 Å². The maximum atomic E-state index is 15.6. The standard InChI is InChI=1S/C18H26FN5O2/c1-17(2)14-12(13(15(20)25)21-22-14)10-24(17)16(26)18(19)6-8-23(9-7-18)11-4-3-5-11/h11H,3-10H2,1-2H3,(H2,20,25)(H,21,22). The Bertz CT molecular complexity index is 747.